The van der Waals surface area contributed by atoms with Gasteiger partial charge in [0, 0.05) is 4.88 Å². The number of carbonyl (C=O) groups is 2. The summed E-state index contributed by atoms with van der Waals surface area (Å²) in [5.41, 5.74) is 3.18. The van der Waals surface area contributed by atoms with Crippen LogP contribution in [-0.2, 0) is 22.4 Å². The van der Waals surface area contributed by atoms with Crippen LogP contribution in [0.15, 0.2) is 9.85 Å². The van der Waals surface area contributed by atoms with E-state index in [4.69, 9.17) is 4.74 Å². The molecule has 0 saturated heterocycles. The average molecular weight is 355 g/mol. The summed E-state index contributed by atoms with van der Waals surface area (Å²) in [5, 5.41) is 11.0. The normalized spacial score (nSPS) is 13.0. The van der Waals surface area contributed by atoms with Crippen molar-refractivity contribution in [3.8, 4) is 0 Å². The van der Waals surface area contributed by atoms with E-state index in [9.17, 15) is 9.59 Å². The van der Waals surface area contributed by atoms with Crippen LogP contribution in [0.5, 0.6) is 0 Å². The van der Waals surface area contributed by atoms with Gasteiger partial charge in [-0.05, 0) is 24.8 Å². The lowest BCUT2D eigenvalue weighted by Gasteiger charge is -2.06. The highest BCUT2D eigenvalue weighted by atomic mass is 32.2. The number of esters is 1. The second-order valence-electron chi connectivity index (χ2n) is 4.59. The van der Waals surface area contributed by atoms with E-state index in [1.165, 1.54) is 46.4 Å². The van der Waals surface area contributed by atoms with Crippen molar-refractivity contribution in [2.75, 3.05) is 18.2 Å². The molecule has 0 radical (unpaired) electrons. The molecule has 0 fully saturated rings. The van der Waals surface area contributed by atoms with Crippen LogP contribution in [0.1, 0.15) is 27.2 Å². The maximum atomic E-state index is 12.1. The van der Waals surface area contributed by atoms with E-state index in [0.29, 0.717) is 10.6 Å². The number of nitrogens with one attached hydrogen (secondary N) is 1. The van der Waals surface area contributed by atoms with E-state index in [0.717, 1.165) is 29.2 Å². The molecule has 0 saturated carbocycles. The Bertz CT molecular complexity index is 697. The maximum Gasteiger partial charge on any atom is 0.341 e. The fourth-order valence-corrected chi connectivity index (χ4v) is 4.91. The molecule has 22 heavy (non-hydrogen) atoms. The number of methoxy groups -OCH3 is 1. The first-order chi connectivity index (χ1) is 10.7. The fraction of sp³-hybridized carbons (Fsp3) is 0.385. The number of amides is 1. The molecule has 0 bridgehead atoms. The number of nitrogens with zero attached hydrogens (tertiary/aromatic N) is 2. The second-order valence-corrected chi connectivity index (χ2v) is 7.76. The lowest BCUT2D eigenvalue weighted by atomic mass is 10.1. The average Bonchev–Trinajstić information content (AvgIpc) is 3.21. The number of aryl methyl sites for hydroxylation is 1. The van der Waals surface area contributed by atoms with Crippen LogP contribution in [0.25, 0.3) is 0 Å². The zero-order valence-electron chi connectivity index (χ0n) is 11.7. The van der Waals surface area contributed by atoms with Crippen molar-refractivity contribution in [3.63, 3.8) is 0 Å². The van der Waals surface area contributed by atoms with Gasteiger partial charge in [-0.25, -0.2) is 4.79 Å². The Kier molecular flexibility index (Phi) is 4.74. The van der Waals surface area contributed by atoms with Gasteiger partial charge in [0.25, 0.3) is 0 Å². The molecule has 3 rings (SSSR count). The molecule has 0 aromatic carbocycles. The molecule has 2 heterocycles. The SMILES string of the molecule is COC(=O)c1c(NC(=O)CSc2nncs2)sc2c1CCC2. The van der Waals surface area contributed by atoms with E-state index in [1.54, 1.807) is 5.51 Å². The summed E-state index contributed by atoms with van der Waals surface area (Å²) in [6.45, 7) is 0. The monoisotopic (exact) mass is 355 g/mol. The summed E-state index contributed by atoms with van der Waals surface area (Å²) in [5.74, 6) is -0.310. The minimum absolute atomic E-state index is 0.162. The molecule has 0 aliphatic heterocycles. The highest BCUT2D eigenvalue weighted by molar-refractivity contribution is 8.01. The van der Waals surface area contributed by atoms with Gasteiger partial charge in [-0.15, -0.1) is 21.5 Å². The summed E-state index contributed by atoms with van der Waals surface area (Å²) in [4.78, 5) is 25.2. The summed E-state index contributed by atoms with van der Waals surface area (Å²) >= 11 is 4.19. The van der Waals surface area contributed by atoms with Gasteiger partial charge in [-0.1, -0.05) is 23.1 Å². The van der Waals surface area contributed by atoms with Crippen molar-refractivity contribution in [3.05, 3.63) is 21.5 Å². The molecule has 2 aromatic rings. The van der Waals surface area contributed by atoms with Crippen molar-refractivity contribution in [1.82, 2.24) is 10.2 Å². The van der Waals surface area contributed by atoms with Crippen LogP contribution in [-0.4, -0.2) is 34.9 Å². The number of hydrogen-bond acceptors (Lipinski definition) is 8. The topological polar surface area (TPSA) is 81.2 Å². The molecular weight excluding hydrogens is 342 g/mol. The van der Waals surface area contributed by atoms with E-state index in [-0.39, 0.29) is 17.6 Å². The largest absolute Gasteiger partial charge is 0.465 e. The molecule has 0 unspecified atom stereocenters. The third-order valence-electron chi connectivity index (χ3n) is 3.23. The molecule has 6 nitrogen and oxygen atoms in total. The van der Waals surface area contributed by atoms with Gasteiger partial charge in [0.05, 0.1) is 18.4 Å². The Hall–Kier alpha value is -1.45. The molecular formula is C13H13N3O3S3. The highest BCUT2D eigenvalue weighted by Crippen LogP contribution is 2.39. The number of fused-ring (bicyclic) bond motifs is 1. The molecule has 1 aliphatic carbocycles. The highest BCUT2D eigenvalue weighted by Gasteiger charge is 2.27. The first kappa shape index (κ1) is 15.4. The van der Waals surface area contributed by atoms with Gasteiger partial charge in [0.1, 0.15) is 10.5 Å². The minimum atomic E-state index is -0.383. The van der Waals surface area contributed by atoms with Crippen LogP contribution in [0, 0.1) is 0 Å². The van der Waals surface area contributed by atoms with Gasteiger partial charge in [0.15, 0.2) is 4.34 Å². The number of ether oxygens (including phenoxy) is 1. The summed E-state index contributed by atoms with van der Waals surface area (Å²) in [7, 11) is 1.36. The van der Waals surface area contributed by atoms with Gasteiger partial charge in [-0.3, -0.25) is 4.79 Å². The molecule has 2 aromatic heterocycles. The second kappa shape index (κ2) is 6.76. The van der Waals surface area contributed by atoms with E-state index < -0.39 is 0 Å². The summed E-state index contributed by atoms with van der Waals surface area (Å²) < 4.78 is 5.60. The van der Waals surface area contributed by atoms with Crippen LogP contribution >= 0.6 is 34.4 Å². The van der Waals surface area contributed by atoms with E-state index >= 15 is 0 Å². The summed E-state index contributed by atoms with van der Waals surface area (Å²) in [6, 6.07) is 0. The summed E-state index contributed by atoms with van der Waals surface area (Å²) in [6.07, 6.45) is 2.87. The number of aromatic nitrogens is 2. The van der Waals surface area contributed by atoms with Crippen LogP contribution in [0.2, 0.25) is 0 Å². The van der Waals surface area contributed by atoms with Crippen LogP contribution in [0.4, 0.5) is 5.00 Å². The zero-order valence-corrected chi connectivity index (χ0v) is 14.2. The first-order valence-electron chi connectivity index (χ1n) is 6.60. The molecule has 1 N–H and O–H groups in total. The lowest BCUT2D eigenvalue weighted by Crippen LogP contribution is -2.16. The smallest absolute Gasteiger partial charge is 0.341 e. The molecule has 0 spiro atoms. The molecule has 1 amide bonds. The molecule has 1 aliphatic rings. The van der Waals surface area contributed by atoms with Crippen molar-refractivity contribution < 1.29 is 14.3 Å². The van der Waals surface area contributed by atoms with Crippen molar-refractivity contribution in [2.45, 2.75) is 23.6 Å². The number of carbonyl (C=O) groups excluding carboxylic acids is 2. The van der Waals surface area contributed by atoms with Crippen LogP contribution < -0.4 is 5.32 Å². The van der Waals surface area contributed by atoms with Crippen molar-refractivity contribution in [1.29, 1.82) is 0 Å². The molecule has 116 valence electrons. The number of thiophene rings is 1. The quantitative estimate of drug-likeness (QED) is 0.656. The maximum absolute atomic E-state index is 12.1. The van der Waals surface area contributed by atoms with Gasteiger partial charge < -0.3 is 10.1 Å². The number of rotatable bonds is 5. The van der Waals surface area contributed by atoms with E-state index in [1.807, 2.05) is 0 Å². The first-order valence-corrected chi connectivity index (χ1v) is 9.29. The standard InChI is InChI=1S/C13H13N3O3S3/c1-19-12(18)10-7-3-2-4-8(7)22-11(10)15-9(17)5-20-13-16-14-6-21-13/h6H,2-5H2,1H3,(H,15,17). The molecule has 0 atom stereocenters. The number of thioether (sulfide) groups is 1. The Balaban J connectivity index is 1.72. The Morgan fingerprint density at radius 3 is 3.05 bits per heavy atom. The Labute approximate surface area is 139 Å². The minimum Gasteiger partial charge on any atom is -0.465 e. The van der Waals surface area contributed by atoms with Gasteiger partial charge >= 0.3 is 5.97 Å². The predicted molar refractivity (Wildman–Crippen MR) is 86.9 cm³/mol. The van der Waals surface area contributed by atoms with Crippen molar-refractivity contribution >= 4 is 51.3 Å². The number of anilines is 1. The van der Waals surface area contributed by atoms with Crippen LogP contribution in [0.3, 0.4) is 0 Å². The number of hydrogen-bond donors (Lipinski definition) is 1. The Morgan fingerprint density at radius 2 is 2.32 bits per heavy atom. The lowest BCUT2D eigenvalue weighted by molar-refractivity contribution is -0.113. The van der Waals surface area contributed by atoms with Gasteiger partial charge in [0.2, 0.25) is 5.91 Å². The molecule has 9 heteroatoms. The Morgan fingerprint density at radius 1 is 1.45 bits per heavy atom. The predicted octanol–water partition coefficient (Wildman–Crippen LogP) is 2.61. The van der Waals surface area contributed by atoms with Crippen molar-refractivity contribution in [2.24, 2.45) is 0 Å². The van der Waals surface area contributed by atoms with E-state index in [2.05, 4.69) is 15.5 Å². The third kappa shape index (κ3) is 3.16. The third-order valence-corrected chi connectivity index (χ3v) is 6.30. The zero-order chi connectivity index (χ0) is 15.5. The van der Waals surface area contributed by atoms with Gasteiger partial charge in [-0.2, -0.15) is 0 Å². The fourth-order valence-electron chi connectivity index (χ4n) is 2.33.